The lowest BCUT2D eigenvalue weighted by atomic mass is 9.57. The Labute approximate surface area is 319 Å². The van der Waals surface area contributed by atoms with Crippen LogP contribution in [-0.2, 0) is 16.1 Å². The van der Waals surface area contributed by atoms with E-state index in [0.717, 1.165) is 73.8 Å². The molecule has 3 aliphatic rings. The molecule has 6 rings (SSSR count). The van der Waals surface area contributed by atoms with Gasteiger partial charge in [-0.15, -0.1) is 0 Å². The number of carbonyl (C=O) groups excluding carboxylic acids is 2. The first-order valence-electron chi connectivity index (χ1n) is 19.1. The predicted octanol–water partition coefficient (Wildman–Crippen LogP) is 7.49. The second kappa shape index (κ2) is 17.6. The number of aromatic nitrogens is 2. The lowest BCUT2D eigenvalue weighted by Crippen LogP contribution is -2.48. The number of nitrogens with zero attached hydrogens (tertiary/aromatic N) is 4. The molecule has 3 fully saturated rings. The van der Waals surface area contributed by atoms with Crippen molar-refractivity contribution in [3.63, 3.8) is 0 Å². The van der Waals surface area contributed by atoms with Crippen LogP contribution >= 0.6 is 11.6 Å². The van der Waals surface area contributed by atoms with Crippen LogP contribution in [0.5, 0.6) is 5.75 Å². The van der Waals surface area contributed by atoms with Gasteiger partial charge in [-0.2, -0.15) is 4.98 Å². The number of rotatable bonds is 15. The summed E-state index contributed by atoms with van der Waals surface area (Å²) >= 11 is 6.43. The van der Waals surface area contributed by atoms with Gasteiger partial charge in [-0.3, -0.25) is 14.5 Å². The third kappa shape index (κ3) is 10.2. The van der Waals surface area contributed by atoms with E-state index in [1.54, 1.807) is 13.3 Å². The number of carbonyl (C=O) groups is 2. The first kappa shape index (κ1) is 38.4. The molecule has 12 heteroatoms. The van der Waals surface area contributed by atoms with Gasteiger partial charge in [0.25, 0.3) is 0 Å². The van der Waals surface area contributed by atoms with E-state index in [4.69, 9.17) is 16.3 Å². The van der Waals surface area contributed by atoms with Crippen molar-refractivity contribution in [3.05, 3.63) is 71.9 Å². The second-order valence-electron chi connectivity index (χ2n) is 15.3. The van der Waals surface area contributed by atoms with E-state index in [0.29, 0.717) is 47.7 Å². The minimum absolute atomic E-state index is 0.194. The highest BCUT2D eigenvalue weighted by molar-refractivity contribution is 6.32. The maximum atomic E-state index is 13.1. The molecule has 2 bridgehead atoms. The largest absolute Gasteiger partial charge is 0.494 e. The summed E-state index contributed by atoms with van der Waals surface area (Å²) in [4.78, 5) is 38.6. The highest BCUT2D eigenvalue weighted by Crippen LogP contribution is 2.53. The molecule has 0 radical (unpaired) electrons. The zero-order valence-corrected chi connectivity index (χ0v) is 32.2. The molecule has 1 aromatic heterocycles. The summed E-state index contributed by atoms with van der Waals surface area (Å²) in [7, 11) is 1.65. The smallest absolute Gasteiger partial charge is 0.247 e. The number of anilines is 5. The van der Waals surface area contributed by atoms with E-state index in [-0.39, 0.29) is 17.2 Å². The van der Waals surface area contributed by atoms with E-state index in [2.05, 4.69) is 67.5 Å². The van der Waals surface area contributed by atoms with Crippen molar-refractivity contribution in [1.29, 1.82) is 0 Å². The number of methoxy groups -OCH3 is 1. The van der Waals surface area contributed by atoms with Gasteiger partial charge in [0.15, 0.2) is 5.82 Å². The number of nitrogens with one attached hydrogen (secondary N) is 4. The average molecular weight is 743 g/mol. The van der Waals surface area contributed by atoms with Crippen LogP contribution in [0.3, 0.4) is 0 Å². The molecule has 2 heterocycles. The Morgan fingerprint density at radius 1 is 1.08 bits per heavy atom. The number of benzene rings is 2. The van der Waals surface area contributed by atoms with Gasteiger partial charge in [0.05, 0.1) is 19.0 Å². The van der Waals surface area contributed by atoms with Gasteiger partial charge in [0.1, 0.15) is 10.8 Å². The van der Waals surface area contributed by atoms with Gasteiger partial charge < -0.3 is 30.9 Å². The van der Waals surface area contributed by atoms with Crippen molar-refractivity contribution in [2.75, 3.05) is 67.2 Å². The van der Waals surface area contributed by atoms with E-state index >= 15 is 0 Å². The van der Waals surface area contributed by atoms with Crippen molar-refractivity contribution in [2.45, 2.75) is 65.3 Å². The van der Waals surface area contributed by atoms with E-state index < -0.39 is 0 Å². The van der Waals surface area contributed by atoms with Crippen LogP contribution in [-0.4, -0.2) is 73.1 Å². The number of amides is 2. The number of piperazine rings is 1. The zero-order valence-electron chi connectivity index (χ0n) is 31.4. The van der Waals surface area contributed by atoms with Gasteiger partial charge in [-0.05, 0) is 97.6 Å². The number of hydrogen-bond donors (Lipinski definition) is 4. The zero-order chi connectivity index (χ0) is 37.4. The van der Waals surface area contributed by atoms with Gasteiger partial charge in [0.2, 0.25) is 17.8 Å². The van der Waals surface area contributed by atoms with Crippen molar-refractivity contribution in [1.82, 2.24) is 20.2 Å². The molecule has 2 atom stereocenters. The van der Waals surface area contributed by atoms with Crippen LogP contribution in [0.1, 0.15) is 64.4 Å². The summed E-state index contributed by atoms with van der Waals surface area (Å²) in [6.07, 6.45) is 11.1. The van der Waals surface area contributed by atoms with Crippen molar-refractivity contribution < 1.29 is 14.3 Å². The summed E-state index contributed by atoms with van der Waals surface area (Å²) in [6, 6.07) is 13.6. The van der Waals surface area contributed by atoms with Crippen molar-refractivity contribution in [2.24, 2.45) is 23.2 Å². The monoisotopic (exact) mass is 742 g/mol. The summed E-state index contributed by atoms with van der Waals surface area (Å²) in [5.74, 6) is 3.96. The molecular weight excluding hydrogens is 688 g/mol. The van der Waals surface area contributed by atoms with Crippen LogP contribution in [0, 0.1) is 23.2 Å². The van der Waals surface area contributed by atoms with Gasteiger partial charge >= 0.3 is 0 Å². The predicted molar refractivity (Wildman–Crippen MR) is 214 cm³/mol. The fourth-order valence-corrected chi connectivity index (χ4v) is 9.03. The molecule has 2 unspecified atom stereocenters. The minimum atomic E-state index is -0.269. The van der Waals surface area contributed by atoms with E-state index in [1.807, 2.05) is 36.4 Å². The molecule has 284 valence electrons. The standard InChI is InChI=1S/C41H55ClN8O3/c1-5-37(51)46-32-9-7-8-29(21-32)26-44-39-34(42)27-45-40(48-39)47-35-11-10-33(22-36(35)53-4)50-16-14-49(15-17-50)13-12-43-38(52)25-41(6-2)23-30-18-28(3)19-31(20-30)24-41/h5,7-11,21-22,27-28,30-31H,1,6,12-20,23-26H2,2-4H3,(H,43,52)(H,46,51)(H2,44,45,47,48). The van der Waals surface area contributed by atoms with Gasteiger partial charge in [-0.1, -0.05) is 44.2 Å². The third-order valence-corrected chi connectivity index (χ3v) is 11.6. The number of halogens is 1. The Morgan fingerprint density at radius 2 is 1.85 bits per heavy atom. The molecule has 4 N–H and O–H groups in total. The van der Waals surface area contributed by atoms with Crippen LogP contribution < -0.4 is 30.9 Å². The first-order chi connectivity index (χ1) is 25.6. The van der Waals surface area contributed by atoms with Crippen molar-refractivity contribution in [3.8, 4) is 5.75 Å². The highest BCUT2D eigenvalue weighted by Gasteiger charge is 2.43. The van der Waals surface area contributed by atoms with E-state index in [9.17, 15) is 9.59 Å². The first-order valence-corrected chi connectivity index (χ1v) is 19.5. The fraction of sp³-hybridized carbons (Fsp3) is 0.512. The molecule has 1 aliphatic heterocycles. The minimum Gasteiger partial charge on any atom is -0.494 e. The Bertz CT molecular complexity index is 1730. The fourth-order valence-electron chi connectivity index (χ4n) is 8.87. The van der Waals surface area contributed by atoms with Gasteiger partial charge in [-0.25, -0.2) is 4.98 Å². The SMILES string of the molecule is C=CC(=O)Nc1cccc(CNc2nc(Nc3ccc(N4CCN(CCNC(=O)CC5(CC)CC6CC(C)CC(C6)C5)CC4)cc3OC)ncc2Cl)c1. The molecule has 2 aliphatic carbocycles. The maximum absolute atomic E-state index is 13.1. The van der Waals surface area contributed by atoms with E-state index in [1.165, 1.54) is 38.2 Å². The average Bonchev–Trinajstić information content (AvgIpc) is 3.15. The lowest BCUT2D eigenvalue weighted by molar-refractivity contribution is -0.125. The Balaban J connectivity index is 0.966. The quantitative estimate of drug-likeness (QED) is 0.117. The molecule has 2 aromatic carbocycles. The maximum Gasteiger partial charge on any atom is 0.247 e. The highest BCUT2D eigenvalue weighted by atomic mass is 35.5. The van der Waals surface area contributed by atoms with Crippen LogP contribution in [0.2, 0.25) is 5.02 Å². The molecule has 2 saturated carbocycles. The molecule has 0 spiro atoms. The number of fused-ring (bicyclic) bond motifs is 2. The Kier molecular flexibility index (Phi) is 12.8. The summed E-state index contributed by atoms with van der Waals surface area (Å²) in [5, 5.41) is 13.0. The topological polar surface area (TPSA) is 124 Å². The Hall–Kier alpha value is -4.35. The molecular formula is C41H55ClN8O3. The molecule has 1 saturated heterocycles. The Morgan fingerprint density at radius 3 is 2.57 bits per heavy atom. The second-order valence-corrected chi connectivity index (χ2v) is 15.7. The van der Waals surface area contributed by atoms with Crippen LogP contribution in [0.15, 0.2) is 61.3 Å². The molecule has 3 aromatic rings. The van der Waals surface area contributed by atoms with Crippen LogP contribution in [0.4, 0.5) is 28.8 Å². The van der Waals surface area contributed by atoms with Crippen molar-refractivity contribution >= 4 is 52.2 Å². The molecule has 11 nitrogen and oxygen atoms in total. The van der Waals surface area contributed by atoms with Crippen LogP contribution in [0.25, 0.3) is 0 Å². The summed E-state index contributed by atoms with van der Waals surface area (Å²) in [6.45, 7) is 13.8. The molecule has 53 heavy (non-hydrogen) atoms. The number of hydrogen-bond acceptors (Lipinski definition) is 9. The summed E-state index contributed by atoms with van der Waals surface area (Å²) in [5.41, 5.74) is 3.63. The lowest BCUT2D eigenvalue weighted by Gasteiger charge is -2.48. The summed E-state index contributed by atoms with van der Waals surface area (Å²) < 4.78 is 5.77. The molecule has 2 amide bonds. The normalized spacial score (nSPS) is 22.8. The number of ether oxygens (including phenoxy) is 1. The van der Waals surface area contributed by atoms with Gasteiger partial charge in [0, 0.05) is 69.7 Å². The third-order valence-electron chi connectivity index (χ3n) is 11.4.